The van der Waals surface area contributed by atoms with Gasteiger partial charge in [0, 0.05) is 32.0 Å². The molecule has 5 rings (SSSR count). The molecule has 0 unspecified atom stereocenters. The number of rotatable bonds is 11. The number of benzene rings is 3. The third kappa shape index (κ3) is 7.46. The molecule has 1 N–H and O–H groups in total. The molecule has 3 aromatic rings. The Kier molecular flexibility index (Phi) is 10.2. The van der Waals surface area contributed by atoms with E-state index < -0.39 is 6.04 Å². The highest BCUT2D eigenvalue weighted by molar-refractivity contribution is 6.42. The van der Waals surface area contributed by atoms with Crippen LogP contribution in [-0.4, -0.2) is 52.1 Å². The predicted octanol–water partition coefficient (Wildman–Crippen LogP) is 6.46. The van der Waals surface area contributed by atoms with Crippen molar-refractivity contribution in [2.24, 2.45) is 0 Å². The molecule has 7 nitrogen and oxygen atoms in total. The Hall–Kier alpha value is -3.68. The molecule has 1 atom stereocenters. The lowest BCUT2D eigenvalue weighted by atomic mass is 9.94. The van der Waals surface area contributed by atoms with Gasteiger partial charge in [0.2, 0.25) is 11.8 Å². The highest BCUT2D eigenvalue weighted by Gasteiger charge is 2.36. The maximum absolute atomic E-state index is 14.0. The van der Waals surface area contributed by atoms with Crippen LogP contribution >= 0.6 is 23.2 Å². The second-order valence-electron chi connectivity index (χ2n) is 11.2. The van der Waals surface area contributed by atoms with Gasteiger partial charge >= 0.3 is 0 Å². The van der Waals surface area contributed by atoms with Crippen LogP contribution < -0.4 is 5.32 Å². The van der Waals surface area contributed by atoms with Gasteiger partial charge in [-0.15, -0.1) is 0 Å². The van der Waals surface area contributed by atoms with Gasteiger partial charge < -0.3 is 10.2 Å². The van der Waals surface area contributed by atoms with Crippen LogP contribution in [0.1, 0.15) is 76.8 Å². The Labute approximate surface area is 262 Å². The molecule has 0 bridgehead atoms. The smallest absolute Gasteiger partial charge is 0.261 e. The molecule has 0 aromatic heterocycles. The lowest BCUT2D eigenvalue weighted by Gasteiger charge is -2.33. The van der Waals surface area contributed by atoms with Crippen molar-refractivity contribution in [3.8, 4) is 0 Å². The minimum atomic E-state index is -0.773. The molecule has 2 aliphatic rings. The number of amides is 4. The van der Waals surface area contributed by atoms with Gasteiger partial charge in [-0.2, -0.15) is 0 Å². The molecule has 1 fully saturated rings. The zero-order valence-corrected chi connectivity index (χ0v) is 25.4. The van der Waals surface area contributed by atoms with E-state index in [-0.39, 0.29) is 55.6 Å². The molecule has 1 saturated carbocycles. The largest absolute Gasteiger partial charge is 0.352 e. The van der Waals surface area contributed by atoms with E-state index in [4.69, 9.17) is 23.2 Å². The second-order valence-corrected chi connectivity index (χ2v) is 12.0. The van der Waals surface area contributed by atoms with Crippen LogP contribution in [0.5, 0.6) is 0 Å². The summed E-state index contributed by atoms with van der Waals surface area (Å²) in [6.07, 6.45) is 5.80. The van der Waals surface area contributed by atoms with Gasteiger partial charge in [-0.25, -0.2) is 0 Å². The summed E-state index contributed by atoms with van der Waals surface area (Å²) >= 11 is 12.5. The van der Waals surface area contributed by atoms with Crippen molar-refractivity contribution in [2.75, 3.05) is 6.54 Å². The topological polar surface area (TPSA) is 86.8 Å². The molecule has 1 heterocycles. The third-order valence-electron chi connectivity index (χ3n) is 8.21. The van der Waals surface area contributed by atoms with Gasteiger partial charge in [0.15, 0.2) is 0 Å². The minimum absolute atomic E-state index is 0.0523. The lowest BCUT2D eigenvalue weighted by Crippen LogP contribution is -2.52. The van der Waals surface area contributed by atoms with Gasteiger partial charge in [0.25, 0.3) is 11.8 Å². The predicted molar refractivity (Wildman–Crippen MR) is 167 cm³/mol. The number of hydrogen-bond acceptors (Lipinski definition) is 4. The van der Waals surface area contributed by atoms with E-state index in [0.717, 1.165) is 43.2 Å². The van der Waals surface area contributed by atoms with E-state index in [1.807, 2.05) is 30.3 Å². The summed E-state index contributed by atoms with van der Waals surface area (Å²) in [4.78, 5) is 56.4. The molecule has 0 saturated heterocycles. The van der Waals surface area contributed by atoms with Crippen LogP contribution in [0.25, 0.3) is 0 Å². The fraction of sp³-hybridized carbons (Fsp3) is 0.353. The number of imide groups is 1. The first kappa shape index (κ1) is 30.8. The average Bonchev–Trinajstić information content (AvgIpc) is 3.26. The maximum atomic E-state index is 14.0. The molecule has 224 valence electrons. The molecule has 3 aromatic carbocycles. The number of hydrogen-bond donors (Lipinski definition) is 1. The molecule has 0 radical (unpaired) electrons. The second kappa shape index (κ2) is 14.2. The van der Waals surface area contributed by atoms with Crippen LogP contribution in [0.4, 0.5) is 0 Å². The van der Waals surface area contributed by atoms with Crippen LogP contribution in [0.3, 0.4) is 0 Å². The van der Waals surface area contributed by atoms with Gasteiger partial charge in [0.05, 0.1) is 21.2 Å². The molecule has 4 amide bonds. The third-order valence-corrected chi connectivity index (χ3v) is 8.95. The number of nitrogens with one attached hydrogen (secondary N) is 1. The number of nitrogens with zero attached hydrogens (tertiary/aromatic N) is 2. The van der Waals surface area contributed by atoms with E-state index in [0.29, 0.717) is 27.6 Å². The van der Waals surface area contributed by atoms with Gasteiger partial charge in [-0.3, -0.25) is 24.1 Å². The van der Waals surface area contributed by atoms with Crippen molar-refractivity contribution >= 4 is 46.8 Å². The van der Waals surface area contributed by atoms with E-state index in [2.05, 4.69) is 5.32 Å². The van der Waals surface area contributed by atoms with E-state index in [1.54, 1.807) is 47.4 Å². The summed E-state index contributed by atoms with van der Waals surface area (Å²) in [5.41, 5.74) is 2.43. The molecule has 1 aliphatic carbocycles. The fourth-order valence-corrected chi connectivity index (χ4v) is 6.23. The van der Waals surface area contributed by atoms with Crippen molar-refractivity contribution in [3.63, 3.8) is 0 Å². The maximum Gasteiger partial charge on any atom is 0.261 e. The SMILES string of the molecule is O=C(NC1CCCCC1)[C@H](Cc1ccccc1)N(Cc1ccc(Cl)c(Cl)c1)C(=O)CCCN1C(=O)c2ccccc2C1=O. The zero-order chi connectivity index (χ0) is 30.3. The summed E-state index contributed by atoms with van der Waals surface area (Å²) in [7, 11) is 0. The van der Waals surface area contributed by atoms with Gasteiger partial charge in [0.1, 0.15) is 6.04 Å². The van der Waals surface area contributed by atoms with Crippen molar-refractivity contribution in [2.45, 2.75) is 70.0 Å². The monoisotopic (exact) mass is 619 g/mol. The highest BCUT2D eigenvalue weighted by atomic mass is 35.5. The summed E-state index contributed by atoms with van der Waals surface area (Å²) in [6.45, 7) is 0.259. The van der Waals surface area contributed by atoms with Crippen LogP contribution in [0.15, 0.2) is 72.8 Å². The number of fused-ring (bicyclic) bond motifs is 1. The first-order chi connectivity index (χ1) is 20.8. The standard InChI is InChI=1S/C34H35Cl2N3O4/c35-28-18-17-24(20-29(28)36)22-39(31(40)16-9-19-38-33(42)26-14-7-8-15-27(26)34(38)43)30(21-23-10-3-1-4-11-23)32(41)37-25-12-5-2-6-13-25/h1,3-4,7-8,10-11,14-15,17-18,20,25,30H,2,5-6,9,12-13,16,19,21-22H2,(H,37,41)/t30-/m0/s1. The summed E-state index contributed by atoms with van der Waals surface area (Å²) in [6, 6.07) is 20.9. The first-order valence-corrected chi connectivity index (χ1v) is 15.6. The molecular formula is C34H35Cl2N3O4. The minimum Gasteiger partial charge on any atom is -0.352 e. The lowest BCUT2D eigenvalue weighted by molar-refractivity contribution is -0.141. The first-order valence-electron chi connectivity index (χ1n) is 14.8. The van der Waals surface area contributed by atoms with Crippen LogP contribution in [-0.2, 0) is 22.6 Å². The average molecular weight is 621 g/mol. The molecule has 43 heavy (non-hydrogen) atoms. The molecular weight excluding hydrogens is 585 g/mol. The van der Waals surface area contributed by atoms with Crippen LogP contribution in [0.2, 0.25) is 10.0 Å². The highest BCUT2D eigenvalue weighted by Crippen LogP contribution is 2.26. The zero-order valence-electron chi connectivity index (χ0n) is 23.9. The molecule has 1 aliphatic heterocycles. The normalized spacial score (nSPS) is 15.7. The molecule has 0 spiro atoms. The van der Waals surface area contributed by atoms with E-state index in [1.165, 1.54) is 4.90 Å². The summed E-state index contributed by atoms with van der Waals surface area (Å²) in [5.74, 6) is -1.14. The Balaban J connectivity index is 1.37. The number of carbonyl (C=O) groups excluding carboxylic acids is 4. The quantitative estimate of drug-likeness (QED) is 0.250. The van der Waals surface area contributed by atoms with Gasteiger partial charge in [-0.05, 0) is 54.7 Å². The fourth-order valence-electron chi connectivity index (χ4n) is 5.91. The van der Waals surface area contributed by atoms with Crippen molar-refractivity contribution in [1.82, 2.24) is 15.1 Å². The van der Waals surface area contributed by atoms with E-state index >= 15 is 0 Å². The van der Waals surface area contributed by atoms with Crippen molar-refractivity contribution < 1.29 is 19.2 Å². The summed E-state index contributed by atoms with van der Waals surface area (Å²) in [5, 5.41) is 3.99. The van der Waals surface area contributed by atoms with Gasteiger partial charge in [-0.1, -0.05) is 91.0 Å². The Morgan fingerprint density at radius 1 is 0.837 bits per heavy atom. The number of carbonyl (C=O) groups is 4. The summed E-state index contributed by atoms with van der Waals surface area (Å²) < 4.78 is 0. The van der Waals surface area contributed by atoms with Crippen molar-refractivity contribution in [1.29, 1.82) is 0 Å². The van der Waals surface area contributed by atoms with Crippen molar-refractivity contribution in [3.05, 3.63) is 105 Å². The molecule has 9 heteroatoms. The number of halogens is 2. The Bertz CT molecular complexity index is 1450. The Morgan fingerprint density at radius 2 is 1.49 bits per heavy atom. The van der Waals surface area contributed by atoms with E-state index in [9.17, 15) is 19.2 Å². The van der Waals surface area contributed by atoms with Crippen LogP contribution in [0, 0.1) is 0 Å². The Morgan fingerprint density at radius 3 is 2.14 bits per heavy atom.